The van der Waals surface area contributed by atoms with Crippen LogP contribution in [-0.2, 0) is 7.05 Å². The van der Waals surface area contributed by atoms with Crippen LogP contribution in [0.3, 0.4) is 0 Å². The lowest BCUT2D eigenvalue weighted by atomic mass is 10.1. The summed E-state index contributed by atoms with van der Waals surface area (Å²) in [5.74, 6) is 0. The first-order chi connectivity index (χ1) is 6.77. The predicted molar refractivity (Wildman–Crippen MR) is 59.1 cm³/mol. The molecule has 1 aromatic heterocycles. The summed E-state index contributed by atoms with van der Waals surface area (Å²) in [4.78, 5) is 0. The average molecular weight is 193 g/mol. The quantitative estimate of drug-likeness (QED) is 0.701. The van der Waals surface area contributed by atoms with Crippen LogP contribution < -0.4 is 5.32 Å². The zero-order chi connectivity index (χ0) is 10.4. The van der Waals surface area contributed by atoms with Gasteiger partial charge in [0.05, 0.1) is 11.7 Å². The molecule has 0 fully saturated rings. The molecule has 0 aliphatic heterocycles. The SMILES string of the molecule is C=CCC(NCCC)c1ccn(C)n1. The number of aromatic nitrogens is 2. The van der Waals surface area contributed by atoms with Crippen LogP contribution in [0.25, 0.3) is 0 Å². The van der Waals surface area contributed by atoms with E-state index in [0.29, 0.717) is 6.04 Å². The van der Waals surface area contributed by atoms with Gasteiger partial charge in [0.1, 0.15) is 0 Å². The van der Waals surface area contributed by atoms with E-state index in [4.69, 9.17) is 0 Å². The normalized spacial score (nSPS) is 12.7. The minimum Gasteiger partial charge on any atom is -0.308 e. The van der Waals surface area contributed by atoms with Gasteiger partial charge in [-0.05, 0) is 25.5 Å². The monoisotopic (exact) mass is 193 g/mol. The van der Waals surface area contributed by atoms with Crippen LogP contribution in [0.1, 0.15) is 31.5 Å². The van der Waals surface area contributed by atoms with E-state index in [1.165, 1.54) is 0 Å². The maximum Gasteiger partial charge on any atom is 0.0796 e. The van der Waals surface area contributed by atoms with Crippen LogP contribution in [0.2, 0.25) is 0 Å². The van der Waals surface area contributed by atoms with Gasteiger partial charge >= 0.3 is 0 Å². The van der Waals surface area contributed by atoms with Gasteiger partial charge in [-0.2, -0.15) is 5.10 Å². The zero-order valence-corrected chi connectivity index (χ0v) is 9.03. The summed E-state index contributed by atoms with van der Waals surface area (Å²) in [6.07, 6.45) is 5.97. The summed E-state index contributed by atoms with van der Waals surface area (Å²) in [6.45, 7) is 6.95. The molecule has 0 aliphatic rings. The van der Waals surface area contributed by atoms with Gasteiger partial charge in [0.15, 0.2) is 0 Å². The number of nitrogens with one attached hydrogen (secondary N) is 1. The highest BCUT2D eigenvalue weighted by molar-refractivity contribution is 5.06. The van der Waals surface area contributed by atoms with Crippen molar-refractivity contribution < 1.29 is 0 Å². The van der Waals surface area contributed by atoms with Crippen molar-refractivity contribution in [2.45, 2.75) is 25.8 Å². The molecule has 1 atom stereocenters. The Morgan fingerprint density at radius 3 is 3.00 bits per heavy atom. The summed E-state index contributed by atoms with van der Waals surface area (Å²) in [5, 5.41) is 7.84. The third-order valence-electron chi connectivity index (χ3n) is 2.13. The summed E-state index contributed by atoms with van der Waals surface area (Å²) in [5.41, 5.74) is 1.10. The highest BCUT2D eigenvalue weighted by atomic mass is 15.3. The van der Waals surface area contributed by atoms with Gasteiger partial charge in [0.25, 0.3) is 0 Å². The van der Waals surface area contributed by atoms with Gasteiger partial charge in [-0.25, -0.2) is 0 Å². The lowest BCUT2D eigenvalue weighted by molar-refractivity contribution is 0.518. The second-order valence-corrected chi connectivity index (χ2v) is 3.45. The average Bonchev–Trinajstić information content (AvgIpc) is 2.59. The van der Waals surface area contributed by atoms with Gasteiger partial charge in [-0.3, -0.25) is 4.68 Å². The van der Waals surface area contributed by atoms with E-state index < -0.39 is 0 Å². The van der Waals surface area contributed by atoms with E-state index >= 15 is 0 Å². The summed E-state index contributed by atoms with van der Waals surface area (Å²) < 4.78 is 1.83. The van der Waals surface area contributed by atoms with Gasteiger partial charge in [0, 0.05) is 13.2 Å². The Hall–Kier alpha value is -1.09. The lowest BCUT2D eigenvalue weighted by Gasteiger charge is -2.13. The van der Waals surface area contributed by atoms with Crippen molar-refractivity contribution in [2.75, 3.05) is 6.54 Å². The van der Waals surface area contributed by atoms with E-state index in [9.17, 15) is 0 Å². The molecule has 0 amide bonds. The number of rotatable bonds is 6. The number of aryl methyl sites for hydroxylation is 1. The van der Waals surface area contributed by atoms with Crippen molar-refractivity contribution in [2.24, 2.45) is 7.05 Å². The highest BCUT2D eigenvalue weighted by Gasteiger charge is 2.10. The summed E-state index contributed by atoms with van der Waals surface area (Å²) in [6, 6.07) is 2.37. The predicted octanol–water partition coefficient (Wildman–Crippen LogP) is 2.04. The molecule has 1 aromatic rings. The summed E-state index contributed by atoms with van der Waals surface area (Å²) in [7, 11) is 1.94. The molecule has 0 bridgehead atoms. The number of hydrogen-bond donors (Lipinski definition) is 1. The molecule has 1 N–H and O–H groups in total. The first kappa shape index (κ1) is 11.0. The molecule has 1 heterocycles. The van der Waals surface area contributed by atoms with Crippen molar-refractivity contribution in [3.05, 3.63) is 30.6 Å². The van der Waals surface area contributed by atoms with Crippen LogP contribution in [0.5, 0.6) is 0 Å². The third-order valence-corrected chi connectivity index (χ3v) is 2.13. The maximum absolute atomic E-state index is 4.39. The van der Waals surface area contributed by atoms with E-state index in [0.717, 1.165) is 25.1 Å². The second kappa shape index (κ2) is 5.60. The molecule has 0 spiro atoms. The molecule has 3 nitrogen and oxygen atoms in total. The Morgan fingerprint density at radius 2 is 2.50 bits per heavy atom. The van der Waals surface area contributed by atoms with Gasteiger partial charge in [0.2, 0.25) is 0 Å². The van der Waals surface area contributed by atoms with Crippen LogP contribution in [0, 0.1) is 0 Å². The Morgan fingerprint density at radius 1 is 1.71 bits per heavy atom. The molecule has 0 saturated heterocycles. The maximum atomic E-state index is 4.39. The van der Waals surface area contributed by atoms with E-state index in [-0.39, 0.29) is 0 Å². The van der Waals surface area contributed by atoms with E-state index in [1.54, 1.807) is 0 Å². The molecule has 78 valence electrons. The molecule has 0 aliphatic carbocycles. The molecule has 1 unspecified atom stereocenters. The van der Waals surface area contributed by atoms with Crippen molar-refractivity contribution in [1.29, 1.82) is 0 Å². The van der Waals surface area contributed by atoms with Crippen molar-refractivity contribution in [3.63, 3.8) is 0 Å². The molecule has 1 rings (SSSR count). The molecule has 0 radical (unpaired) electrons. The van der Waals surface area contributed by atoms with E-state index in [1.807, 2.05) is 24.0 Å². The third kappa shape index (κ3) is 3.00. The minimum absolute atomic E-state index is 0.314. The minimum atomic E-state index is 0.314. The molecule has 0 aromatic carbocycles. The van der Waals surface area contributed by atoms with Crippen LogP contribution in [0.4, 0.5) is 0 Å². The fourth-order valence-corrected chi connectivity index (χ4v) is 1.41. The highest BCUT2D eigenvalue weighted by Crippen LogP contribution is 2.14. The topological polar surface area (TPSA) is 29.9 Å². The number of hydrogen-bond acceptors (Lipinski definition) is 2. The fourth-order valence-electron chi connectivity index (χ4n) is 1.41. The second-order valence-electron chi connectivity index (χ2n) is 3.45. The van der Waals surface area contributed by atoms with Gasteiger partial charge in [-0.1, -0.05) is 13.0 Å². The van der Waals surface area contributed by atoms with Crippen molar-refractivity contribution in [3.8, 4) is 0 Å². The molecule has 3 heteroatoms. The smallest absolute Gasteiger partial charge is 0.0796 e. The molecule has 14 heavy (non-hydrogen) atoms. The zero-order valence-electron chi connectivity index (χ0n) is 9.03. The fraction of sp³-hybridized carbons (Fsp3) is 0.545. The summed E-state index contributed by atoms with van der Waals surface area (Å²) >= 11 is 0. The van der Waals surface area contributed by atoms with Crippen LogP contribution >= 0.6 is 0 Å². The Bertz CT molecular complexity index is 278. The van der Waals surface area contributed by atoms with Gasteiger partial charge in [-0.15, -0.1) is 6.58 Å². The lowest BCUT2D eigenvalue weighted by Crippen LogP contribution is -2.22. The van der Waals surface area contributed by atoms with Crippen LogP contribution in [-0.4, -0.2) is 16.3 Å². The van der Waals surface area contributed by atoms with E-state index in [2.05, 4.69) is 30.0 Å². The Labute approximate surface area is 85.8 Å². The first-order valence-corrected chi connectivity index (χ1v) is 5.11. The molecule has 0 saturated carbocycles. The first-order valence-electron chi connectivity index (χ1n) is 5.11. The molecular weight excluding hydrogens is 174 g/mol. The Balaban J connectivity index is 2.61. The van der Waals surface area contributed by atoms with Crippen LogP contribution in [0.15, 0.2) is 24.9 Å². The van der Waals surface area contributed by atoms with Gasteiger partial charge < -0.3 is 5.32 Å². The van der Waals surface area contributed by atoms with Crippen molar-refractivity contribution >= 4 is 0 Å². The number of nitrogens with zero attached hydrogens (tertiary/aromatic N) is 2. The standard InChI is InChI=1S/C11H19N3/c1-4-6-10(12-8-5-2)11-7-9-14(3)13-11/h4,7,9-10,12H,1,5-6,8H2,2-3H3. The van der Waals surface area contributed by atoms with Crippen molar-refractivity contribution in [1.82, 2.24) is 15.1 Å². The molecular formula is C11H19N3. The Kier molecular flexibility index (Phi) is 4.40. The largest absolute Gasteiger partial charge is 0.308 e.